The molecule has 3 rings (SSSR count). The molecule has 0 aliphatic carbocycles. The zero-order valence-electron chi connectivity index (χ0n) is 15.3. The summed E-state index contributed by atoms with van der Waals surface area (Å²) < 4.78 is 7.12. The topological polar surface area (TPSA) is 69.0 Å². The summed E-state index contributed by atoms with van der Waals surface area (Å²) >= 11 is 7.62. The van der Waals surface area contributed by atoms with Crippen molar-refractivity contribution in [1.82, 2.24) is 20.1 Å². The SMILES string of the molecule is C=CCNC(=O)CSc1nnc(-c2ccccc2)n1-c1ccc(OC)c(Cl)c1. The molecule has 0 radical (unpaired) electrons. The second-order valence-corrected chi connectivity index (χ2v) is 7.06. The summed E-state index contributed by atoms with van der Waals surface area (Å²) in [6, 6.07) is 15.2. The average molecular weight is 415 g/mol. The lowest BCUT2D eigenvalue weighted by atomic mass is 10.2. The first kappa shape index (κ1) is 20.0. The van der Waals surface area contributed by atoms with Gasteiger partial charge < -0.3 is 10.1 Å². The van der Waals surface area contributed by atoms with E-state index in [1.165, 1.54) is 11.8 Å². The molecule has 0 bridgehead atoms. The van der Waals surface area contributed by atoms with Gasteiger partial charge in [-0.2, -0.15) is 0 Å². The number of amides is 1. The van der Waals surface area contributed by atoms with Crippen molar-refractivity contribution in [1.29, 1.82) is 0 Å². The van der Waals surface area contributed by atoms with Crippen LogP contribution in [0.15, 0.2) is 66.3 Å². The van der Waals surface area contributed by atoms with Gasteiger partial charge in [-0.25, -0.2) is 0 Å². The van der Waals surface area contributed by atoms with Crippen molar-refractivity contribution in [2.75, 3.05) is 19.4 Å². The molecule has 0 fully saturated rings. The number of ether oxygens (including phenoxy) is 1. The molecule has 144 valence electrons. The lowest BCUT2D eigenvalue weighted by molar-refractivity contribution is -0.118. The van der Waals surface area contributed by atoms with Crippen LogP contribution < -0.4 is 10.1 Å². The largest absolute Gasteiger partial charge is 0.495 e. The van der Waals surface area contributed by atoms with E-state index >= 15 is 0 Å². The van der Waals surface area contributed by atoms with E-state index in [0.29, 0.717) is 28.3 Å². The molecule has 1 N–H and O–H groups in total. The van der Waals surface area contributed by atoms with Gasteiger partial charge in [0.25, 0.3) is 0 Å². The van der Waals surface area contributed by atoms with Crippen molar-refractivity contribution in [3.05, 3.63) is 66.2 Å². The molecule has 0 spiro atoms. The number of carbonyl (C=O) groups is 1. The fraction of sp³-hybridized carbons (Fsp3) is 0.150. The van der Waals surface area contributed by atoms with Crippen LogP contribution in [-0.4, -0.2) is 40.1 Å². The molecular weight excluding hydrogens is 396 g/mol. The number of nitrogens with one attached hydrogen (secondary N) is 1. The molecule has 1 aromatic heterocycles. The smallest absolute Gasteiger partial charge is 0.230 e. The molecule has 0 saturated heterocycles. The number of carbonyl (C=O) groups excluding carboxylic acids is 1. The van der Waals surface area contributed by atoms with Crippen molar-refractivity contribution in [3.8, 4) is 22.8 Å². The van der Waals surface area contributed by atoms with Gasteiger partial charge in [0.1, 0.15) is 5.75 Å². The molecule has 0 aliphatic rings. The Labute approximate surface area is 172 Å². The fourth-order valence-corrected chi connectivity index (χ4v) is 3.57. The van der Waals surface area contributed by atoms with E-state index in [9.17, 15) is 4.79 Å². The molecule has 28 heavy (non-hydrogen) atoms. The third-order valence-electron chi connectivity index (χ3n) is 3.83. The molecule has 0 atom stereocenters. The molecule has 0 saturated carbocycles. The number of nitrogens with zero attached hydrogens (tertiary/aromatic N) is 3. The highest BCUT2D eigenvalue weighted by atomic mass is 35.5. The number of rotatable bonds is 8. The third-order valence-corrected chi connectivity index (χ3v) is 5.06. The van der Waals surface area contributed by atoms with Crippen molar-refractivity contribution >= 4 is 29.3 Å². The first-order chi connectivity index (χ1) is 13.6. The van der Waals surface area contributed by atoms with Gasteiger partial charge >= 0.3 is 0 Å². The second kappa shape index (κ2) is 9.43. The molecular formula is C20H19ClN4O2S. The zero-order chi connectivity index (χ0) is 19.9. The highest BCUT2D eigenvalue weighted by Crippen LogP contribution is 2.32. The fourth-order valence-electron chi connectivity index (χ4n) is 2.53. The average Bonchev–Trinajstić information content (AvgIpc) is 3.15. The molecule has 2 aromatic carbocycles. The van der Waals surface area contributed by atoms with E-state index in [1.54, 1.807) is 25.3 Å². The minimum Gasteiger partial charge on any atom is -0.495 e. The summed E-state index contributed by atoms with van der Waals surface area (Å²) in [6.45, 7) is 4.02. The van der Waals surface area contributed by atoms with E-state index in [0.717, 1.165) is 11.3 Å². The Morgan fingerprint density at radius 3 is 2.75 bits per heavy atom. The second-order valence-electron chi connectivity index (χ2n) is 5.71. The van der Waals surface area contributed by atoms with E-state index in [-0.39, 0.29) is 11.7 Å². The number of thioether (sulfide) groups is 1. The summed E-state index contributed by atoms with van der Waals surface area (Å²) in [5.41, 5.74) is 1.69. The van der Waals surface area contributed by atoms with Gasteiger partial charge in [0.15, 0.2) is 11.0 Å². The van der Waals surface area contributed by atoms with Gasteiger partial charge in [-0.3, -0.25) is 9.36 Å². The molecule has 0 aliphatic heterocycles. The monoisotopic (exact) mass is 414 g/mol. The van der Waals surface area contributed by atoms with E-state index in [2.05, 4.69) is 22.1 Å². The van der Waals surface area contributed by atoms with Gasteiger partial charge in [0.2, 0.25) is 5.91 Å². The van der Waals surface area contributed by atoms with Gasteiger partial charge in [-0.05, 0) is 18.2 Å². The number of aromatic nitrogens is 3. The number of halogens is 1. The Hall–Kier alpha value is -2.77. The van der Waals surface area contributed by atoms with Crippen molar-refractivity contribution in [3.63, 3.8) is 0 Å². The number of hydrogen-bond donors (Lipinski definition) is 1. The first-order valence-electron chi connectivity index (χ1n) is 8.49. The highest BCUT2D eigenvalue weighted by molar-refractivity contribution is 7.99. The normalized spacial score (nSPS) is 10.5. The van der Waals surface area contributed by atoms with Gasteiger partial charge in [0, 0.05) is 12.1 Å². The zero-order valence-corrected chi connectivity index (χ0v) is 16.8. The van der Waals surface area contributed by atoms with Crippen LogP contribution in [0.3, 0.4) is 0 Å². The maximum atomic E-state index is 12.0. The maximum Gasteiger partial charge on any atom is 0.230 e. The van der Waals surface area contributed by atoms with Crippen molar-refractivity contribution in [2.45, 2.75) is 5.16 Å². The van der Waals surface area contributed by atoms with Crippen molar-refractivity contribution < 1.29 is 9.53 Å². The molecule has 8 heteroatoms. The van der Waals surface area contributed by atoms with Crippen LogP contribution in [0.5, 0.6) is 5.75 Å². The molecule has 1 amide bonds. The van der Waals surface area contributed by atoms with Gasteiger partial charge in [-0.1, -0.05) is 59.8 Å². The Balaban J connectivity index is 1.99. The Bertz CT molecular complexity index is 976. The van der Waals surface area contributed by atoms with Crippen LogP contribution in [0.4, 0.5) is 0 Å². The molecule has 6 nitrogen and oxygen atoms in total. The lowest BCUT2D eigenvalue weighted by Gasteiger charge is -2.12. The van der Waals surface area contributed by atoms with Gasteiger partial charge in [-0.15, -0.1) is 16.8 Å². The van der Waals surface area contributed by atoms with E-state index in [1.807, 2.05) is 41.0 Å². The molecule has 1 heterocycles. The quantitative estimate of drug-likeness (QED) is 0.446. The van der Waals surface area contributed by atoms with Crippen LogP contribution in [0.2, 0.25) is 5.02 Å². The maximum absolute atomic E-state index is 12.0. The Morgan fingerprint density at radius 1 is 1.29 bits per heavy atom. The predicted molar refractivity (Wildman–Crippen MR) is 112 cm³/mol. The van der Waals surface area contributed by atoms with Crippen LogP contribution >= 0.6 is 23.4 Å². The minimum absolute atomic E-state index is 0.103. The first-order valence-corrected chi connectivity index (χ1v) is 9.85. The minimum atomic E-state index is -0.103. The highest BCUT2D eigenvalue weighted by Gasteiger charge is 2.18. The molecule has 3 aromatic rings. The molecule has 0 unspecified atom stereocenters. The summed E-state index contributed by atoms with van der Waals surface area (Å²) in [6.07, 6.45) is 1.64. The summed E-state index contributed by atoms with van der Waals surface area (Å²) in [5.74, 6) is 1.35. The van der Waals surface area contributed by atoms with E-state index < -0.39 is 0 Å². The van der Waals surface area contributed by atoms with Crippen molar-refractivity contribution in [2.24, 2.45) is 0 Å². The van der Waals surface area contributed by atoms with Crippen LogP contribution in [0.1, 0.15) is 0 Å². The number of hydrogen-bond acceptors (Lipinski definition) is 5. The Kier molecular flexibility index (Phi) is 6.73. The standard InChI is InChI=1S/C20H19ClN4O2S/c1-3-11-22-18(26)13-28-20-24-23-19(14-7-5-4-6-8-14)25(20)15-9-10-17(27-2)16(21)12-15/h3-10,12H,1,11,13H2,2H3,(H,22,26). The van der Waals surface area contributed by atoms with Crippen LogP contribution in [0, 0.1) is 0 Å². The van der Waals surface area contributed by atoms with Crippen LogP contribution in [-0.2, 0) is 4.79 Å². The van der Waals surface area contributed by atoms with E-state index in [4.69, 9.17) is 16.3 Å². The lowest BCUT2D eigenvalue weighted by Crippen LogP contribution is -2.25. The Morgan fingerprint density at radius 2 is 2.07 bits per heavy atom. The number of methoxy groups -OCH3 is 1. The van der Waals surface area contributed by atoms with Crippen LogP contribution in [0.25, 0.3) is 17.1 Å². The van der Waals surface area contributed by atoms with Gasteiger partial charge in [0.05, 0.1) is 23.6 Å². The summed E-state index contributed by atoms with van der Waals surface area (Å²) in [7, 11) is 1.57. The summed E-state index contributed by atoms with van der Waals surface area (Å²) in [5, 5.41) is 12.5. The third kappa shape index (κ3) is 4.55. The predicted octanol–water partition coefficient (Wildman–Crippen LogP) is 3.99. The number of benzene rings is 2. The summed E-state index contributed by atoms with van der Waals surface area (Å²) in [4.78, 5) is 12.0.